The Balaban J connectivity index is 1.57. The molecule has 5 nitrogen and oxygen atoms in total. The first-order chi connectivity index (χ1) is 13.8. The molecule has 0 bridgehead atoms. The lowest BCUT2D eigenvalue weighted by atomic mass is 9.45. The minimum Gasteiger partial charge on any atom is -0.393 e. The van der Waals surface area contributed by atoms with E-state index in [1.165, 1.54) is 6.42 Å². The molecule has 0 radical (unpaired) electrons. The van der Waals surface area contributed by atoms with Crippen LogP contribution < -0.4 is 5.56 Å². The highest BCUT2D eigenvalue weighted by Crippen LogP contribution is 2.65. The van der Waals surface area contributed by atoms with Gasteiger partial charge in [0.15, 0.2) is 0 Å². The third-order valence-electron chi connectivity index (χ3n) is 9.65. The minimum atomic E-state index is -0.423. The van der Waals surface area contributed by atoms with Gasteiger partial charge < -0.3 is 10.1 Å². The average molecular weight is 392 g/mol. The quantitative estimate of drug-likeness (QED) is 0.707. The summed E-state index contributed by atoms with van der Waals surface area (Å²) in [6, 6.07) is 4.13. The lowest BCUT2D eigenvalue weighted by Gasteiger charge is -2.60. The Labute approximate surface area is 171 Å². The molecule has 152 valence electrons. The zero-order chi connectivity index (χ0) is 20.6. The third kappa shape index (κ3) is 2.37. The van der Waals surface area contributed by atoms with Crippen LogP contribution in [0.5, 0.6) is 0 Å². The zero-order valence-electron chi connectivity index (χ0n) is 17.3. The van der Waals surface area contributed by atoms with Crippen LogP contribution in [-0.4, -0.2) is 16.2 Å². The molecular formula is C24H29N3O2. The van der Waals surface area contributed by atoms with Crippen molar-refractivity contribution in [2.24, 2.45) is 34.5 Å². The second kappa shape index (κ2) is 6.19. The number of aliphatic hydroxyl groups is 1. The number of rotatable bonds is 0. The van der Waals surface area contributed by atoms with Gasteiger partial charge in [-0.05, 0) is 91.4 Å². The maximum atomic E-state index is 12.3. The first kappa shape index (κ1) is 18.9. The van der Waals surface area contributed by atoms with Gasteiger partial charge in [0.05, 0.1) is 11.7 Å². The summed E-state index contributed by atoms with van der Waals surface area (Å²) in [5, 5.41) is 29.8. The summed E-state index contributed by atoms with van der Waals surface area (Å²) in [7, 11) is 0. The number of nitrogens with one attached hydrogen (secondary N) is 1. The van der Waals surface area contributed by atoms with Crippen molar-refractivity contribution in [3.63, 3.8) is 0 Å². The molecule has 2 N–H and O–H groups in total. The summed E-state index contributed by atoms with van der Waals surface area (Å²) in [6.45, 7) is 4.69. The van der Waals surface area contributed by atoms with Crippen molar-refractivity contribution < 1.29 is 5.11 Å². The van der Waals surface area contributed by atoms with E-state index in [9.17, 15) is 20.4 Å². The summed E-state index contributed by atoms with van der Waals surface area (Å²) < 4.78 is 0. The fourth-order valence-electron chi connectivity index (χ4n) is 8.04. The first-order valence-electron chi connectivity index (χ1n) is 11.1. The van der Waals surface area contributed by atoms with Crippen LogP contribution in [0, 0.1) is 57.2 Å². The highest BCUT2D eigenvalue weighted by molar-refractivity contribution is 5.52. The fourth-order valence-corrected chi connectivity index (χ4v) is 8.04. The van der Waals surface area contributed by atoms with Crippen LogP contribution >= 0.6 is 0 Å². The Morgan fingerprint density at radius 2 is 1.72 bits per heavy atom. The number of fused-ring (bicyclic) bond motifs is 6. The second-order valence-electron chi connectivity index (χ2n) is 10.6. The lowest BCUT2D eigenvalue weighted by molar-refractivity contribution is -0.111. The van der Waals surface area contributed by atoms with Gasteiger partial charge >= 0.3 is 0 Å². The van der Waals surface area contributed by atoms with Crippen LogP contribution in [0.4, 0.5) is 0 Å². The molecule has 0 spiro atoms. The van der Waals surface area contributed by atoms with Crippen molar-refractivity contribution in [1.29, 1.82) is 10.5 Å². The van der Waals surface area contributed by atoms with Crippen molar-refractivity contribution in [1.82, 2.24) is 4.98 Å². The number of H-pyrrole nitrogens is 1. The van der Waals surface area contributed by atoms with Crippen LogP contribution in [0.15, 0.2) is 4.79 Å². The van der Waals surface area contributed by atoms with E-state index in [-0.39, 0.29) is 22.5 Å². The smallest absolute Gasteiger partial charge is 0.267 e. The Morgan fingerprint density at radius 3 is 2.45 bits per heavy atom. The average Bonchev–Trinajstić information content (AvgIpc) is 3.00. The van der Waals surface area contributed by atoms with Gasteiger partial charge in [-0.3, -0.25) is 4.79 Å². The number of hydrogen-bond acceptors (Lipinski definition) is 4. The molecule has 0 aliphatic heterocycles. The standard InChI is InChI=1S/C24H29N3O2/c1-23-8-7-19-14(18(23)5-6-21(23)28)4-3-13-9-20-15(10-24(13,19)2)16(11-25)17(12-26)22(29)27-20/h13-14,18-19,21,28H,3-10H2,1-2H3,(H,27,29)/t13-,14-,18+,19-,21+,23+,24+/m1/s1. The predicted molar refractivity (Wildman–Crippen MR) is 108 cm³/mol. The van der Waals surface area contributed by atoms with Gasteiger partial charge in [0, 0.05) is 5.69 Å². The van der Waals surface area contributed by atoms with Gasteiger partial charge in [-0.2, -0.15) is 10.5 Å². The molecule has 4 aliphatic carbocycles. The zero-order valence-corrected chi connectivity index (χ0v) is 17.3. The monoisotopic (exact) mass is 391 g/mol. The molecule has 3 fully saturated rings. The van der Waals surface area contributed by atoms with Gasteiger partial charge in [0.1, 0.15) is 17.7 Å². The number of nitrogens with zero attached hydrogens (tertiary/aromatic N) is 2. The molecule has 3 saturated carbocycles. The third-order valence-corrected chi connectivity index (χ3v) is 9.65. The summed E-state index contributed by atoms with van der Waals surface area (Å²) in [5.74, 6) is 2.32. The molecule has 1 heterocycles. The molecule has 5 heteroatoms. The van der Waals surface area contributed by atoms with E-state index in [0.717, 1.165) is 56.2 Å². The Morgan fingerprint density at radius 1 is 1.00 bits per heavy atom. The number of aliphatic hydroxyl groups excluding tert-OH is 1. The van der Waals surface area contributed by atoms with Crippen LogP contribution in [0.2, 0.25) is 0 Å². The van der Waals surface area contributed by atoms with Gasteiger partial charge in [-0.1, -0.05) is 13.8 Å². The van der Waals surface area contributed by atoms with Crippen molar-refractivity contribution in [3.05, 3.63) is 32.7 Å². The normalized spacial score (nSPS) is 42.6. The molecular weight excluding hydrogens is 362 g/mol. The van der Waals surface area contributed by atoms with Crippen LogP contribution in [0.25, 0.3) is 0 Å². The number of aromatic amines is 1. The summed E-state index contributed by atoms with van der Waals surface area (Å²) in [4.78, 5) is 15.2. The largest absolute Gasteiger partial charge is 0.393 e. The molecule has 0 unspecified atom stereocenters. The van der Waals surface area contributed by atoms with Crippen molar-refractivity contribution in [2.75, 3.05) is 0 Å². The van der Waals surface area contributed by atoms with Crippen LogP contribution in [0.1, 0.15) is 74.8 Å². The number of nitriles is 2. The molecule has 29 heavy (non-hydrogen) atoms. The second-order valence-corrected chi connectivity index (χ2v) is 10.6. The lowest BCUT2D eigenvalue weighted by Crippen LogP contribution is -2.55. The molecule has 4 aliphatic rings. The number of pyridine rings is 1. The van der Waals surface area contributed by atoms with Crippen LogP contribution in [-0.2, 0) is 12.8 Å². The van der Waals surface area contributed by atoms with E-state index >= 15 is 0 Å². The van der Waals surface area contributed by atoms with E-state index in [4.69, 9.17) is 0 Å². The summed E-state index contributed by atoms with van der Waals surface area (Å²) >= 11 is 0. The van der Waals surface area contributed by atoms with Gasteiger partial charge in [-0.25, -0.2) is 0 Å². The van der Waals surface area contributed by atoms with Crippen LogP contribution in [0.3, 0.4) is 0 Å². The SMILES string of the molecule is C[C@]12Cc3c([nH]c(=O)c(C#N)c3C#N)C[C@H]1CC[C@H]1[C@H]2CC[C@]2(C)[C@@H](O)CC[C@@H]12. The molecule has 5 rings (SSSR count). The predicted octanol–water partition coefficient (Wildman–Crippen LogP) is 3.44. The van der Waals surface area contributed by atoms with E-state index in [1.807, 2.05) is 6.07 Å². The van der Waals surface area contributed by atoms with Gasteiger partial charge in [0.2, 0.25) is 0 Å². The van der Waals surface area contributed by atoms with E-state index in [0.29, 0.717) is 29.2 Å². The van der Waals surface area contributed by atoms with Gasteiger partial charge in [-0.15, -0.1) is 0 Å². The Kier molecular flexibility index (Phi) is 4.03. The Bertz CT molecular complexity index is 1010. The fraction of sp³-hybridized carbons (Fsp3) is 0.708. The highest BCUT2D eigenvalue weighted by atomic mass is 16.3. The number of aromatic nitrogens is 1. The van der Waals surface area contributed by atoms with Crippen molar-refractivity contribution in [3.8, 4) is 12.1 Å². The van der Waals surface area contributed by atoms with E-state index in [1.54, 1.807) is 0 Å². The molecule has 1 aromatic heterocycles. The molecule has 0 saturated heterocycles. The first-order valence-corrected chi connectivity index (χ1v) is 11.1. The Hall–Kier alpha value is -2.11. The molecule has 7 atom stereocenters. The van der Waals surface area contributed by atoms with Gasteiger partial charge in [0.25, 0.3) is 5.56 Å². The van der Waals surface area contributed by atoms with Crippen molar-refractivity contribution >= 4 is 0 Å². The maximum Gasteiger partial charge on any atom is 0.267 e. The van der Waals surface area contributed by atoms with Crippen molar-refractivity contribution in [2.45, 2.75) is 71.3 Å². The molecule has 0 aromatic carbocycles. The summed E-state index contributed by atoms with van der Waals surface area (Å²) in [6.07, 6.45) is 8.03. The molecule has 0 amide bonds. The topological polar surface area (TPSA) is 101 Å². The minimum absolute atomic E-state index is 0.0317. The molecule has 1 aromatic rings. The summed E-state index contributed by atoms with van der Waals surface area (Å²) in [5.41, 5.74) is 1.77. The highest BCUT2D eigenvalue weighted by Gasteiger charge is 2.60. The number of hydrogen-bond donors (Lipinski definition) is 2. The van der Waals surface area contributed by atoms with E-state index < -0.39 is 5.56 Å². The maximum absolute atomic E-state index is 12.3. The van der Waals surface area contributed by atoms with E-state index in [2.05, 4.69) is 24.9 Å².